The van der Waals surface area contributed by atoms with Crippen LogP contribution in [-0.2, 0) is 6.54 Å². The third-order valence-electron chi connectivity index (χ3n) is 1.23. The lowest BCUT2D eigenvalue weighted by atomic mass is 10.5. The van der Waals surface area contributed by atoms with Crippen LogP contribution >= 0.6 is 22.6 Å². The monoisotopic (exact) mass is 260 g/mol. The maximum Gasteiger partial charge on any atom is 0.252 e. The summed E-state index contributed by atoms with van der Waals surface area (Å²) in [6.45, 7) is 0.123. The van der Waals surface area contributed by atoms with E-state index in [2.05, 4.69) is 0 Å². The minimum absolute atomic E-state index is 0.123. The van der Waals surface area contributed by atoms with Gasteiger partial charge in [0.2, 0.25) is 0 Å². The van der Waals surface area contributed by atoms with Crippen LogP contribution in [0.1, 0.15) is 0 Å². The molecule has 1 rings (SSSR count). The molecule has 0 aromatic carbocycles. The normalized spacial score (nSPS) is 9.09. The van der Waals surface area contributed by atoms with E-state index in [9.17, 15) is 4.79 Å². The Kier molecular flexibility index (Phi) is 2.65. The number of nitriles is 1. The molecule has 11 heavy (non-hydrogen) atoms. The summed E-state index contributed by atoms with van der Waals surface area (Å²) in [7, 11) is 0. The fourth-order valence-corrected chi connectivity index (χ4v) is 1.34. The molecule has 1 aromatic rings. The second-order valence-electron chi connectivity index (χ2n) is 1.93. The Labute approximate surface area is 77.4 Å². The van der Waals surface area contributed by atoms with E-state index < -0.39 is 0 Å². The minimum Gasteiger partial charge on any atom is -0.289 e. The molecule has 1 aromatic heterocycles. The third kappa shape index (κ3) is 1.80. The first-order valence-corrected chi connectivity index (χ1v) is 4.06. The third-order valence-corrected chi connectivity index (χ3v) is 2.17. The second-order valence-corrected chi connectivity index (χ2v) is 3.04. The number of aromatic nitrogens is 1. The molecule has 0 aliphatic heterocycles. The molecule has 0 saturated heterocycles. The Balaban J connectivity index is 3.24. The Morgan fingerprint density at radius 3 is 2.91 bits per heavy atom. The lowest BCUT2D eigenvalue weighted by molar-refractivity contribution is 0.765. The average molecular weight is 260 g/mol. The van der Waals surface area contributed by atoms with Crippen LogP contribution in [0.25, 0.3) is 0 Å². The highest BCUT2D eigenvalue weighted by atomic mass is 127. The fraction of sp³-hybridized carbons (Fsp3) is 0.143. The van der Waals surface area contributed by atoms with Crippen molar-refractivity contribution in [1.82, 2.24) is 4.57 Å². The van der Waals surface area contributed by atoms with Gasteiger partial charge in [0.25, 0.3) is 5.56 Å². The van der Waals surface area contributed by atoms with Crippen molar-refractivity contribution in [3.8, 4) is 6.07 Å². The second kappa shape index (κ2) is 3.53. The van der Waals surface area contributed by atoms with Crippen molar-refractivity contribution in [2.45, 2.75) is 6.54 Å². The summed E-state index contributed by atoms with van der Waals surface area (Å²) in [5, 5.41) is 8.36. The molecule has 3 nitrogen and oxygen atoms in total. The molecule has 0 aliphatic carbocycles. The van der Waals surface area contributed by atoms with E-state index in [4.69, 9.17) is 5.26 Å². The summed E-state index contributed by atoms with van der Waals surface area (Å²) < 4.78 is 2.21. The standard InChI is InChI=1S/C7H5IN2O/c8-6-2-1-3-7(11)10(6)5-4-9/h1-3H,5H2. The Morgan fingerprint density at radius 1 is 1.64 bits per heavy atom. The summed E-state index contributed by atoms with van der Waals surface area (Å²) in [4.78, 5) is 11.0. The van der Waals surface area contributed by atoms with E-state index in [1.54, 1.807) is 12.1 Å². The first kappa shape index (κ1) is 8.27. The molecule has 0 N–H and O–H groups in total. The maximum absolute atomic E-state index is 11.0. The smallest absolute Gasteiger partial charge is 0.252 e. The highest BCUT2D eigenvalue weighted by Crippen LogP contribution is 1.99. The van der Waals surface area contributed by atoms with Gasteiger partial charge in [0.1, 0.15) is 6.54 Å². The predicted molar refractivity (Wildman–Crippen MR) is 49.0 cm³/mol. The highest BCUT2D eigenvalue weighted by Gasteiger charge is 1.96. The van der Waals surface area contributed by atoms with Crippen LogP contribution in [-0.4, -0.2) is 4.57 Å². The molecule has 0 radical (unpaired) electrons. The van der Waals surface area contributed by atoms with Crippen molar-refractivity contribution in [3.05, 3.63) is 32.3 Å². The molecule has 56 valence electrons. The van der Waals surface area contributed by atoms with Crippen LogP contribution in [0.3, 0.4) is 0 Å². The lowest BCUT2D eigenvalue weighted by Crippen LogP contribution is -2.20. The Bertz CT molecular complexity index is 350. The summed E-state index contributed by atoms with van der Waals surface area (Å²) in [6, 6.07) is 6.84. The lowest BCUT2D eigenvalue weighted by Gasteiger charge is -2.00. The zero-order valence-electron chi connectivity index (χ0n) is 5.62. The molecular weight excluding hydrogens is 255 g/mol. The first-order valence-electron chi connectivity index (χ1n) is 2.98. The van der Waals surface area contributed by atoms with Crippen LogP contribution in [0.5, 0.6) is 0 Å². The van der Waals surface area contributed by atoms with Crippen molar-refractivity contribution in [1.29, 1.82) is 5.26 Å². The van der Waals surface area contributed by atoms with E-state index in [1.165, 1.54) is 10.6 Å². The van der Waals surface area contributed by atoms with Crippen molar-refractivity contribution in [2.24, 2.45) is 0 Å². The van der Waals surface area contributed by atoms with Gasteiger partial charge in [0.05, 0.1) is 9.77 Å². The maximum atomic E-state index is 11.0. The van der Waals surface area contributed by atoms with Gasteiger partial charge >= 0.3 is 0 Å². The van der Waals surface area contributed by atoms with E-state index >= 15 is 0 Å². The van der Waals surface area contributed by atoms with Crippen LogP contribution in [0, 0.1) is 15.0 Å². The van der Waals surface area contributed by atoms with Gasteiger partial charge in [0.15, 0.2) is 0 Å². The summed E-state index contributed by atoms with van der Waals surface area (Å²) in [5.74, 6) is 0. The van der Waals surface area contributed by atoms with Crippen LogP contribution in [0.2, 0.25) is 0 Å². The fourth-order valence-electron chi connectivity index (χ4n) is 0.719. The van der Waals surface area contributed by atoms with E-state index in [0.29, 0.717) is 0 Å². The van der Waals surface area contributed by atoms with Crippen LogP contribution in [0.4, 0.5) is 0 Å². The summed E-state index contributed by atoms with van der Waals surface area (Å²) in [5.41, 5.74) is -0.126. The van der Waals surface area contributed by atoms with Crippen molar-refractivity contribution >= 4 is 22.6 Å². The van der Waals surface area contributed by atoms with Crippen molar-refractivity contribution in [2.75, 3.05) is 0 Å². The van der Waals surface area contributed by atoms with Gasteiger partial charge in [-0.05, 0) is 28.7 Å². The number of pyridine rings is 1. The SMILES string of the molecule is N#CCn1c(I)cccc1=O. The topological polar surface area (TPSA) is 45.8 Å². The van der Waals surface area contributed by atoms with Crippen LogP contribution in [0.15, 0.2) is 23.0 Å². The van der Waals surface area contributed by atoms with E-state index in [1.807, 2.05) is 28.7 Å². The molecule has 0 saturated carbocycles. The molecular formula is C7H5IN2O. The Morgan fingerprint density at radius 2 is 2.36 bits per heavy atom. The number of hydrogen-bond donors (Lipinski definition) is 0. The number of rotatable bonds is 1. The molecule has 1 heterocycles. The van der Waals surface area contributed by atoms with Gasteiger partial charge in [0, 0.05) is 6.07 Å². The summed E-state index contributed by atoms with van der Waals surface area (Å²) in [6.07, 6.45) is 0. The van der Waals surface area contributed by atoms with Gasteiger partial charge in [-0.2, -0.15) is 5.26 Å². The van der Waals surface area contributed by atoms with Crippen LogP contribution < -0.4 is 5.56 Å². The number of nitrogens with zero attached hydrogens (tertiary/aromatic N) is 2. The molecule has 0 spiro atoms. The highest BCUT2D eigenvalue weighted by molar-refractivity contribution is 14.1. The Hall–Kier alpha value is -0.830. The molecule has 0 bridgehead atoms. The van der Waals surface area contributed by atoms with E-state index in [-0.39, 0.29) is 12.1 Å². The number of halogens is 1. The zero-order valence-corrected chi connectivity index (χ0v) is 7.78. The largest absolute Gasteiger partial charge is 0.289 e. The zero-order chi connectivity index (χ0) is 8.27. The van der Waals surface area contributed by atoms with Crippen molar-refractivity contribution < 1.29 is 0 Å². The van der Waals surface area contributed by atoms with Gasteiger partial charge in [-0.1, -0.05) is 6.07 Å². The average Bonchev–Trinajstić information content (AvgIpc) is 1.97. The molecule has 0 amide bonds. The van der Waals surface area contributed by atoms with Crippen molar-refractivity contribution in [3.63, 3.8) is 0 Å². The molecule has 4 heteroatoms. The number of hydrogen-bond acceptors (Lipinski definition) is 2. The quantitative estimate of drug-likeness (QED) is 0.558. The first-order chi connectivity index (χ1) is 5.25. The van der Waals surface area contributed by atoms with Gasteiger partial charge < -0.3 is 0 Å². The predicted octanol–water partition coefficient (Wildman–Crippen LogP) is 0.976. The molecule has 0 aliphatic rings. The van der Waals surface area contributed by atoms with Gasteiger partial charge in [-0.25, -0.2) is 0 Å². The van der Waals surface area contributed by atoms with Gasteiger partial charge in [-0.3, -0.25) is 9.36 Å². The molecule has 0 fully saturated rings. The van der Waals surface area contributed by atoms with E-state index in [0.717, 1.165) is 3.70 Å². The van der Waals surface area contributed by atoms with Gasteiger partial charge in [-0.15, -0.1) is 0 Å². The summed E-state index contributed by atoms with van der Waals surface area (Å²) >= 11 is 2.02. The molecule has 0 atom stereocenters. The minimum atomic E-state index is -0.126. The molecule has 0 unspecified atom stereocenters.